The fourth-order valence-corrected chi connectivity index (χ4v) is 4.12. The molecular weight excluding hydrogens is 284 g/mol. The molecule has 2 fully saturated rings. The lowest BCUT2D eigenvalue weighted by Gasteiger charge is -2.36. The number of rotatable bonds is 5. The first-order valence-electron chi connectivity index (χ1n) is 9.37. The molecule has 0 unspecified atom stereocenters. The number of hydrogen-bond acceptors (Lipinski definition) is 4. The van der Waals surface area contributed by atoms with Crippen molar-refractivity contribution in [1.29, 1.82) is 0 Å². The van der Waals surface area contributed by atoms with Crippen LogP contribution in [-0.4, -0.2) is 47.0 Å². The number of nitrogens with zero attached hydrogens (tertiary/aromatic N) is 3. The summed E-state index contributed by atoms with van der Waals surface area (Å²) in [5.74, 6) is 1.55. The van der Waals surface area contributed by atoms with Gasteiger partial charge in [-0.3, -0.25) is 4.90 Å². The zero-order valence-electron chi connectivity index (χ0n) is 14.6. The lowest BCUT2D eigenvalue weighted by molar-refractivity contribution is 0.126. The van der Waals surface area contributed by atoms with Gasteiger partial charge in [0.1, 0.15) is 5.82 Å². The summed E-state index contributed by atoms with van der Waals surface area (Å²) in [5.41, 5.74) is 7.06. The first kappa shape index (κ1) is 16.7. The van der Waals surface area contributed by atoms with Crippen molar-refractivity contribution >= 4 is 5.82 Å². The fraction of sp³-hybridized carbons (Fsp3) is 0.737. The predicted molar refractivity (Wildman–Crippen MR) is 96.2 cm³/mol. The number of pyridine rings is 1. The molecule has 2 aliphatic rings. The number of piperidine rings is 2. The normalized spacial score (nSPS) is 24.8. The van der Waals surface area contributed by atoms with Crippen LogP contribution in [0.2, 0.25) is 0 Å². The van der Waals surface area contributed by atoms with E-state index in [1.807, 2.05) is 12.3 Å². The minimum Gasteiger partial charge on any atom is -0.384 e. The molecule has 23 heavy (non-hydrogen) atoms. The molecule has 4 heteroatoms. The van der Waals surface area contributed by atoms with Crippen LogP contribution in [0.25, 0.3) is 0 Å². The zero-order chi connectivity index (χ0) is 16.1. The second kappa shape index (κ2) is 8.11. The molecular formula is C19H32N4. The van der Waals surface area contributed by atoms with E-state index in [0.29, 0.717) is 5.82 Å². The Bertz CT molecular complexity index is 482. The first-order chi connectivity index (χ1) is 11.2. The Kier molecular flexibility index (Phi) is 5.90. The Hall–Kier alpha value is -1.13. The number of aromatic nitrogens is 1. The van der Waals surface area contributed by atoms with E-state index in [1.165, 1.54) is 70.3 Å². The summed E-state index contributed by atoms with van der Waals surface area (Å²) in [6, 6.07) is 4.89. The van der Waals surface area contributed by atoms with Gasteiger partial charge >= 0.3 is 0 Å². The minimum atomic E-state index is 0.632. The Labute approximate surface area is 141 Å². The molecule has 0 amide bonds. The van der Waals surface area contributed by atoms with E-state index in [9.17, 15) is 0 Å². The molecule has 3 rings (SSSR count). The molecule has 0 spiro atoms. The van der Waals surface area contributed by atoms with Crippen LogP contribution < -0.4 is 5.73 Å². The molecule has 2 N–H and O–H groups in total. The second-order valence-corrected chi connectivity index (χ2v) is 7.48. The van der Waals surface area contributed by atoms with Crippen LogP contribution in [0.4, 0.5) is 5.82 Å². The lowest BCUT2D eigenvalue weighted by Crippen LogP contribution is -2.40. The molecule has 1 aromatic heterocycles. The molecule has 3 heterocycles. The summed E-state index contributed by atoms with van der Waals surface area (Å²) in [4.78, 5) is 9.36. The van der Waals surface area contributed by atoms with E-state index in [2.05, 4.69) is 27.8 Å². The highest BCUT2D eigenvalue weighted by atomic mass is 15.2. The number of nitrogens with two attached hydrogens (primary N) is 1. The van der Waals surface area contributed by atoms with Crippen molar-refractivity contribution in [2.24, 2.45) is 5.92 Å². The summed E-state index contributed by atoms with van der Waals surface area (Å²) in [6.45, 7) is 8.51. The third kappa shape index (κ3) is 4.92. The Balaban J connectivity index is 1.38. The topological polar surface area (TPSA) is 45.4 Å². The van der Waals surface area contributed by atoms with Crippen molar-refractivity contribution in [3.8, 4) is 0 Å². The van der Waals surface area contributed by atoms with E-state index in [0.717, 1.165) is 18.5 Å². The van der Waals surface area contributed by atoms with E-state index < -0.39 is 0 Å². The Morgan fingerprint density at radius 1 is 1.17 bits per heavy atom. The predicted octanol–water partition coefficient (Wildman–Crippen LogP) is 3.14. The van der Waals surface area contributed by atoms with Crippen LogP contribution >= 0.6 is 0 Å². The van der Waals surface area contributed by atoms with Crippen molar-refractivity contribution in [3.05, 3.63) is 23.9 Å². The third-order valence-electron chi connectivity index (χ3n) is 5.72. The molecule has 2 aliphatic heterocycles. The van der Waals surface area contributed by atoms with Crippen molar-refractivity contribution in [1.82, 2.24) is 14.8 Å². The molecule has 0 bridgehead atoms. The van der Waals surface area contributed by atoms with Gasteiger partial charge in [-0.05, 0) is 88.8 Å². The smallest absolute Gasteiger partial charge is 0.123 e. The van der Waals surface area contributed by atoms with Crippen LogP contribution in [0.15, 0.2) is 18.3 Å². The summed E-state index contributed by atoms with van der Waals surface area (Å²) < 4.78 is 0. The maximum absolute atomic E-state index is 5.77. The Morgan fingerprint density at radius 2 is 2.00 bits per heavy atom. The summed E-state index contributed by atoms with van der Waals surface area (Å²) >= 11 is 0. The van der Waals surface area contributed by atoms with Crippen molar-refractivity contribution in [2.45, 2.75) is 58.0 Å². The highest BCUT2D eigenvalue weighted by Crippen LogP contribution is 2.24. The van der Waals surface area contributed by atoms with Crippen LogP contribution in [0.3, 0.4) is 0 Å². The van der Waals surface area contributed by atoms with Gasteiger partial charge in [0, 0.05) is 18.8 Å². The van der Waals surface area contributed by atoms with E-state index in [1.54, 1.807) is 0 Å². The van der Waals surface area contributed by atoms with Crippen LogP contribution in [0.5, 0.6) is 0 Å². The van der Waals surface area contributed by atoms with E-state index in [-0.39, 0.29) is 0 Å². The molecule has 0 saturated carbocycles. The maximum atomic E-state index is 5.77. The van der Waals surface area contributed by atoms with Gasteiger partial charge in [-0.15, -0.1) is 0 Å². The number of anilines is 1. The molecule has 2 saturated heterocycles. The monoisotopic (exact) mass is 316 g/mol. The SMILES string of the molecule is C[C@@H]1CCCCN1CCC1CCN(Cc2ccnc(N)c2)CC1. The summed E-state index contributed by atoms with van der Waals surface area (Å²) in [7, 11) is 0. The van der Waals surface area contributed by atoms with Crippen LogP contribution in [-0.2, 0) is 6.54 Å². The van der Waals surface area contributed by atoms with Gasteiger partial charge in [-0.25, -0.2) is 4.98 Å². The van der Waals surface area contributed by atoms with Crippen molar-refractivity contribution in [2.75, 3.05) is 31.9 Å². The van der Waals surface area contributed by atoms with Crippen LogP contribution in [0, 0.1) is 5.92 Å². The first-order valence-corrected chi connectivity index (χ1v) is 9.37. The average molecular weight is 316 g/mol. The largest absolute Gasteiger partial charge is 0.384 e. The standard InChI is InChI=1S/C19H32N4/c1-16-4-2-3-10-23(16)13-8-17-6-11-22(12-7-17)15-18-5-9-21-19(20)14-18/h5,9,14,16-17H,2-4,6-8,10-13,15H2,1H3,(H2,20,21)/t16-/m1/s1. The highest BCUT2D eigenvalue weighted by molar-refractivity contribution is 5.31. The summed E-state index contributed by atoms with van der Waals surface area (Å²) in [6.07, 6.45) is 10.1. The molecule has 0 aliphatic carbocycles. The number of likely N-dealkylation sites (tertiary alicyclic amines) is 2. The average Bonchev–Trinajstić information content (AvgIpc) is 2.56. The van der Waals surface area contributed by atoms with Gasteiger partial charge in [-0.1, -0.05) is 6.42 Å². The second-order valence-electron chi connectivity index (χ2n) is 7.48. The molecule has 4 nitrogen and oxygen atoms in total. The van der Waals surface area contributed by atoms with Crippen molar-refractivity contribution < 1.29 is 0 Å². The number of nitrogen functional groups attached to an aromatic ring is 1. The number of hydrogen-bond donors (Lipinski definition) is 1. The molecule has 1 aromatic rings. The minimum absolute atomic E-state index is 0.632. The fourth-order valence-electron chi connectivity index (χ4n) is 4.12. The molecule has 128 valence electrons. The van der Waals surface area contributed by atoms with Gasteiger partial charge in [0.2, 0.25) is 0 Å². The van der Waals surface area contributed by atoms with E-state index >= 15 is 0 Å². The lowest BCUT2D eigenvalue weighted by atomic mass is 9.92. The van der Waals surface area contributed by atoms with E-state index in [4.69, 9.17) is 5.73 Å². The molecule has 1 atom stereocenters. The highest BCUT2D eigenvalue weighted by Gasteiger charge is 2.22. The zero-order valence-corrected chi connectivity index (χ0v) is 14.6. The maximum Gasteiger partial charge on any atom is 0.123 e. The van der Waals surface area contributed by atoms with Gasteiger partial charge in [0.15, 0.2) is 0 Å². The summed E-state index contributed by atoms with van der Waals surface area (Å²) in [5, 5.41) is 0. The van der Waals surface area contributed by atoms with Gasteiger partial charge < -0.3 is 10.6 Å². The van der Waals surface area contributed by atoms with Crippen molar-refractivity contribution in [3.63, 3.8) is 0 Å². The quantitative estimate of drug-likeness (QED) is 0.906. The van der Waals surface area contributed by atoms with Gasteiger partial charge in [0.25, 0.3) is 0 Å². The Morgan fingerprint density at radius 3 is 2.74 bits per heavy atom. The molecule has 0 aromatic carbocycles. The molecule has 0 radical (unpaired) electrons. The van der Waals surface area contributed by atoms with Gasteiger partial charge in [0.05, 0.1) is 0 Å². The van der Waals surface area contributed by atoms with Gasteiger partial charge in [-0.2, -0.15) is 0 Å². The third-order valence-corrected chi connectivity index (χ3v) is 5.72. The van der Waals surface area contributed by atoms with Crippen LogP contribution in [0.1, 0.15) is 51.0 Å².